The van der Waals surface area contributed by atoms with Crippen molar-refractivity contribution < 1.29 is 14.3 Å². The molecule has 0 bridgehead atoms. The molecule has 2 aliphatic rings. The molecule has 2 N–H and O–H groups in total. The number of hydrogen-bond acceptors (Lipinski definition) is 5. The average molecular weight is 360 g/mol. The van der Waals surface area contributed by atoms with Crippen molar-refractivity contribution in [1.82, 2.24) is 20.5 Å². The van der Waals surface area contributed by atoms with Gasteiger partial charge in [-0.2, -0.15) is 0 Å². The van der Waals surface area contributed by atoms with Crippen LogP contribution in [0.15, 0.2) is 24.5 Å². The maximum absolute atomic E-state index is 12.3. The summed E-state index contributed by atoms with van der Waals surface area (Å²) in [6.45, 7) is 2.58. The average Bonchev–Trinajstić information content (AvgIpc) is 3.18. The second kappa shape index (κ2) is 9.52. The first-order valence-corrected chi connectivity index (χ1v) is 9.57. The molecule has 2 heterocycles. The highest BCUT2D eigenvalue weighted by molar-refractivity contribution is 5.88. The van der Waals surface area contributed by atoms with E-state index in [1.807, 2.05) is 12.1 Å². The van der Waals surface area contributed by atoms with E-state index in [1.165, 1.54) is 12.8 Å². The van der Waals surface area contributed by atoms with E-state index < -0.39 is 0 Å². The lowest BCUT2D eigenvalue weighted by Crippen LogP contribution is -2.59. The SMILES string of the molecule is O=C(C[C@H]1C(=O)NCCN1C1CCCC1)NCCCOc1cccnc1. The molecule has 26 heavy (non-hydrogen) atoms. The smallest absolute Gasteiger partial charge is 0.237 e. The summed E-state index contributed by atoms with van der Waals surface area (Å²) in [4.78, 5) is 30.8. The van der Waals surface area contributed by atoms with Crippen LogP contribution in [0.5, 0.6) is 5.75 Å². The number of rotatable bonds is 8. The van der Waals surface area contributed by atoms with E-state index in [2.05, 4.69) is 20.5 Å². The molecular weight excluding hydrogens is 332 g/mol. The van der Waals surface area contributed by atoms with Gasteiger partial charge in [0.1, 0.15) is 5.75 Å². The summed E-state index contributed by atoms with van der Waals surface area (Å²) in [5.41, 5.74) is 0. The van der Waals surface area contributed by atoms with Crippen molar-refractivity contribution in [3.63, 3.8) is 0 Å². The fourth-order valence-electron chi connectivity index (χ4n) is 3.79. The fraction of sp³-hybridized carbons (Fsp3) is 0.632. The van der Waals surface area contributed by atoms with Gasteiger partial charge in [0.25, 0.3) is 0 Å². The molecule has 1 atom stereocenters. The standard InChI is InChI=1S/C19H28N4O3/c24-18(21-9-4-12-26-16-7-3-8-20-14-16)13-17-19(25)22-10-11-23(17)15-5-1-2-6-15/h3,7-8,14-15,17H,1-2,4-6,9-13H2,(H,21,24)(H,22,25)/t17-/m0/s1. The maximum Gasteiger partial charge on any atom is 0.237 e. The van der Waals surface area contributed by atoms with Gasteiger partial charge in [0.05, 0.1) is 25.3 Å². The Hall–Kier alpha value is -2.15. The molecule has 0 radical (unpaired) electrons. The fourth-order valence-corrected chi connectivity index (χ4v) is 3.79. The highest BCUT2D eigenvalue weighted by atomic mass is 16.5. The van der Waals surface area contributed by atoms with Gasteiger partial charge < -0.3 is 15.4 Å². The van der Waals surface area contributed by atoms with E-state index in [1.54, 1.807) is 12.4 Å². The molecule has 7 nitrogen and oxygen atoms in total. The van der Waals surface area contributed by atoms with Crippen LogP contribution in [-0.4, -0.2) is 60.0 Å². The normalized spacial score (nSPS) is 21.4. The first-order chi connectivity index (χ1) is 12.7. The molecule has 7 heteroatoms. The third-order valence-electron chi connectivity index (χ3n) is 5.09. The van der Waals surface area contributed by atoms with Crippen LogP contribution in [0, 0.1) is 0 Å². The van der Waals surface area contributed by atoms with Gasteiger partial charge in [-0.05, 0) is 31.4 Å². The Morgan fingerprint density at radius 1 is 1.38 bits per heavy atom. The minimum Gasteiger partial charge on any atom is -0.492 e. The van der Waals surface area contributed by atoms with Crippen molar-refractivity contribution in [2.24, 2.45) is 0 Å². The van der Waals surface area contributed by atoms with Crippen molar-refractivity contribution in [3.05, 3.63) is 24.5 Å². The number of ether oxygens (including phenoxy) is 1. The van der Waals surface area contributed by atoms with E-state index >= 15 is 0 Å². The Labute approximate surface area is 154 Å². The summed E-state index contributed by atoms with van der Waals surface area (Å²) in [5.74, 6) is 0.638. The van der Waals surface area contributed by atoms with Crippen molar-refractivity contribution in [3.8, 4) is 5.75 Å². The topological polar surface area (TPSA) is 83.6 Å². The van der Waals surface area contributed by atoms with Gasteiger partial charge in [0, 0.05) is 31.9 Å². The Bertz CT molecular complexity index is 590. The summed E-state index contributed by atoms with van der Waals surface area (Å²) in [7, 11) is 0. The molecule has 0 spiro atoms. The lowest BCUT2D eigenvalue weighted by atomic mass is 10.0. The molecule has 3 rings (SSSR count). The lowest BCUT2D eigenvalue weighted by Gasteiger charge is -2.38. The summed E-state index contributed by atoms with van der Waals surface area (Å²) in [5, 5.41) is 5.81. The van der Waals surface area contributed by atoms with Crippen LogP contribution in [0.3, 0.4) is 0 Å². The van der Waals surface area contributed by atoms with Gasteiger partial charge >= 0.3 is 0 Å². The molecule has 0 unspecified atom stereocenters. The highest BCUT2D eigenvalue weighted by Crippen LogP contribution is 2.26. The van der Waals surface area contributed by atoms with E-state index in [0.29, 0.717) is 32.2 Å². The molecule has 1 aromatic heterocycles. The molecule has 1 saturated heterocycles. The zero-order valence-electron chi connectivity index (χ0n) is 15.2. The van der Waals surface area contributed by atoms with Crippen LogP contribution in [0.4, 0.5) is 0 Å². The van der Waals surface area contributed by atoms with Crippen molar-refractivity contribution in [2.75, 3.05) is 26.2 Å². The van der Waals surface area contributed by atoms with Crippen LogP contribution in [0.2, 0.25) is 0 Å². The third kappa shape index (κ3) is 5.17. The van der Waals surface area contributed by atoms with Crippen molar-refractivity contribution in [2.45, 2.75) is 50.6 Å². The van der Waals surface area contributed by atoms with E-state index in [-0.39, 0.29) is 24.3 Å². The number of amides is 2. The third-order valence-corrected chi connectivity index (χ3v) is 5.09. The molecular formula is C19H28N4O3. The minimum atomic E-state index is -0.335. The molecule has 1 aromatic rings. The second-order valence-corrected chi connectivity index (χ2v) is 6.93. The number of carbonyl (C=O) groups is 2. The van der Waals surface area contributed by atoms with Crippen LogP contribution in [0.1, 0.15) is 38.5 Å². The zero-order chi connectivity index (χ0) is 18.2. The van der Waals surface area contributed by atoms with E-state index in [0.717, 1.165) is 25.1 Å². The summed E-state index contributed by atoms with van der Waals surface area (Å²) in [6.07, 6.45) is 9.02. The predicted octanol–water partition coefficient (Wildman–Crippen LogP) is 1.10. The molecule has 0 aromatic carbocycles. The van der Waals surface area contributed by atoms with Crippen LogP contribution < -0.4 is 15.4 Å². The maximum atomic E-state index is 12.3. The summed E-state index contributed by atoms with van der Waals surface area (Å²) in [6, 6.07) is 3.79. The monoisotopic (exact) mass is 360 g/mol. The largest absolute Gasteiger partial charge is 0.492 e. The number of hydrogen-bond donors (Lipinski definition) is 2. The first-order valence-electron chi connectivity index (χ1n) is 9.57. The van der Waals surface area contributed by atoms with Crippen LogP contribution in [-0.2, 0) is 9.59 Å². The number of carbonyl (C=O) groups excluding carboxylic acids is 2. The number of pyridine rings is 1. The minimum absolute atomic E-state index is 0.0155. The Morgan fingerprint density at radius 3 is 3.00 bits per heavy atom. The molecule has 2 fully saturated rings. The van der Waals surface area contributed by atoms with E-state index in [9.17, 15) is 9.59 Å². The Morgan fingerprint density at radius 2 is 2.23 bits per heavy atom. The quantitative estimate of drug-likeness (QED) is 0.679. The van der Waals surface area contributed by atoms with Crippen molar-refractivity contribution in [1.29, 1.82) is 0 Å². The van der Waals surface area contributed by atoms with Crippen LogP contribution in [0.25, 0.3) is 0 Å². The number of nitrogens with zero attached hydrogens (tertiary/aromatic N) is 2. The number of aromatic nitrogens is 1. The molecule has 2 amide bonds. The number of nitrogens with one attached hydrogen (secondary N) is 2. The summed E-state index contributed by atoms with van der Waals surface area (Å²) < 4.78 is 5.55. The Kier molecular flexibility index (Phi) is 6.82. The van der Waals surface area contributed by atoms with Crippen LogP contribution >= 0.6 is 0 Å². The predicted molar refractivity (Wildman–Crippen MR) is 97.7 cm³/mol. The van der Waals surface area contributed by atoms with E-state index in [4.69, 9.17) is 4.74 Å². The van der Waals surface area contributed by atoms with Gasteiger partial charge in [0.2, 0.25) is 11.8 Å². The molecule has 1 saturated carbocycles. The van der Waals surface area contributed by atoms with Crippen molar-refractivity contribution >= 4 is 11.8 Å². The zero-order valence-corrected chi connectivity index (χ0v) is 15.2. The highest BCUT2D eigenvalue weighted by Gasteiger charge is 2.36. The van der Waals surface area contributed by atoms with Gasteiger partial charge in [-0.25, -0.2) is 0 Å². The summed E-state index contributed by atoms with van der Waals surface area (Å²) >= 11 is 0. The van der Waals surface area contributed by atoms with Gasteiger partial charge in [-0.15, -0.1) is 0 Å². The van der Waals surface area contributed by atoms with Gasteiger partial charge in [0.15, 0.2) is 0 Å². The first kappa shape index (κ1) is 18.6. The molecule has 1 aliphatic heterocycles. The Balaban J connectivity index is 1.39. The number of piperazine rings is 1. The second-order valence-electron chi connectivity index (χ2n) is 6.93. The molecule has 1 aliphatic carbocycles. The van der Waals surface area contributed by atoms with Gasteiger partial charge in [-0.3, -0.25) is 19.5 Å². The van der Waals surface area contributed by atoms with Gasteiger partial charge in [-0.1, -0.05) is 12.8 Å². The lowest BCUT2D eigenvalue weighted by molar-refractivity contribution is -0.135. The molecule has 142 valence electrons.